The van der Waals surface area contributed by atoms with Crippen LogP contribution in [-0.2, 0) is 17.4 Å². The van der Waals surface area contributed by atoms with E-state index in [1.54, 1.807) is 19.1 Å². The Morgan fingerprint density at radius 2 is 1.82 bits per heavy atom. The number of ether oxygens (including phenoxy) is 1. The Morgan fingerprint density at radius 1 is 1.12 bits per heavy atom. The van der Waals surface area contributed by atoms with Crippen LogP contribution in [0.3, 0.4) is 0 Å². The quantitative estimate of drug-likeness (QED) is 0.555. The van der Waals surface area contributed by atoms with Crippen molar-refractivity contribution >= 4 is 11.7 Å². The number of piperidine rings is 1. The van der Waals surface area contributed by atoms with E-state index >= 15 is 0 Å². The number of carbonyl (C=O) groups is 1. The van der Waals surface area contributed by atoms with E-state index in [0.717, 1.165) is 48.6 Å². The first-order valence-corrected chi connectivity index (χ1v) is 12.1. The Labute approximate surface area is 197 Å². The van der Waals surface area contributed by atoms with Crippen LogP contribution in [-0.4, -0.2) is 29.8 Å². The minimum atomic E-state index is -4.38. The zero-order valence-corrected chi connectivity index (χ0v) is 19.3. The third-order valence-electron chi connectivity index (χ3n) is 7.94. The number of aryl methyl sites for hydroxylation is 1. The molecular formula is C27H30F3NO3. The largest absolute Gasteiger partial charge is 0.487 e. The Bertz CT molecular complexity index is 1070. The van der Waals surface area contributed by atoms with Crippen LogP contribution in [0.4, 0.5) is 18.9 Å². The number of hydrogen-bond donors (Lipinski definition) is 1. The summed E-state index contributed by atoms with van der Waals surface area (Å²) in [5.74, 6) is -0.0432. The van der Waals surface area contributed by atoms with Crippen molar-refractivity contribution in [3.05, 3.63) is 59.2 Å². The van der Waals surface area contributed by atoms with E-state index in [0.29, 0.717) is 31.8 Å². The van der Waals surface area contributed by atoms with Crippen molar-refractivity contribution in [3.8, 4) is 5.75 Å². The second-order valence-corrected chi connectivity index (χ2v) is 10.1. The summed E-state index contributed by atoms with van der Waals surface area (Å²) in [6.45, 7) is 2.79. The van der Waals surface area contributed by atoms with Crippen LogP contribution in [0.5, 0.6) is 5.75 Å². The lowest BCUT2D eigenvalue weighted by atomic mass is 9.80. The molecule has 1 saturated carbocycles. The lowest BCUT2D eigenvalue weighted by Gasteiger charge is -2.45. The van der Waals surface area contributed by atoms with Crippen molar-refractivity contribution in [1.29, 1.82) is 0 Å². The van der Waals surface area contributed by atoms with Gasteiger partial charge in [-0.05, 0) is 66.8 Å². The molecule has 2 heterocycles. The molecule has 0 bridgehead atoms. The maximum Gasteiger partial charge on any atom is 0.418 e. The minimum Gasteiger partial charge on any atom is -0.487 e. The van der Waals surface area contributed by atoms with Crippen LogP contribution < -0.4 is 9.64 Å². The van der Waals surface area contributed by atoms with Crippen molar-refractivity contribution in [2.24, 2.45) is 11.8 Å². The third kappa shape index (κ3) is 4.37. The molecule has 0 aromatic heterocycles. The maximum atomic E-state index is 13.5. The Morgan fingerprint density at radius 3 is 2.47 bits per heavy atom. The van der Waals surface area contributed by atoms with Gasteiger partial charge in [-0.25, -0.2) is 0 Å². The number of fused-ring (bicyclic) bond motifs is 1. The molecule has 1 N–H and O–H groups in total. The van der Waals surface area contributed by atoms with Gasteiger partial charge in [-0.2, -0.15) is 13.2 Å². The average molecular weight is 474 g/mol. The second-order valence-electron chi connectivity index (χ2n) is 10.1. The average Bonchev–Trinajstić information content (AvgIpc) is 3.64. The number of nitrogens with zero attached hydrogens (tertiary/aromatic N) is 1. The number of hydrogen-bond acceptors (Lipinski definition) is 3. The van der Waals surface area contributed by atoms with Gasteiger partial charge in [0.25, 0.3) is 0 Å². The molecule has 4 nitrogen and oxygen atoms in total. The lowest BCUT2D eigenvalue weighted by Crippen LogP contribution is -2.50. The summed E-state index contributed by atoms with van der Waals surface area (Å²) in [5.41, 5.74) is 1.40. The SMILES string of the molecule is C[C@H](C(=O)O)C(c1ccc2c(c1)OC1(CC2)CCN(c2ccccc2C(F)(F)F)CC1)C1CC1. The zero-order valence-electron chi connectivity index (χ0n) is 19.3. The molecule has 2 fully saturated rings. The molecule has 2 aromatic carbocycles. The maximum absolute atomic E-state index is 13.5. The number of anilines is 1. The molecule has 1 unspecified atom stereocenters. The molecule has 3 aliphatic rings. The van der Waals surface area contributed by atoms with Gasteiger partial charge in [0.2, 0.25) is 0 Å². The molecule has 34 heavy (non-hydrogen) atoms. The predicted molar refractivity (Wildman–Crippen MR) is 123 cm³/mol. The van der Waals surface area contributed by atoms with Crippen LogP contribution in [0.2, 0.25) is 0 Å². The van der Waals surface area contributed by atoms with E-state index in [9.17, 15) is 23.1 Å². The van der Waals surface area contributed by atoms with E-state index in [1.165, 1.54) is 6.07 Å². The standard InChI is InChI=1S/C27H30F3NO3/c1-17(25(32)33)24(19-7-8-19)20-9-6-18-10-11-26(34-23(18)16-20)12-14-31(15-13-26)22-5-3-2-4-21(22)27(28,29)30/h2-6,9,16-17,19,24H,7-8,10-15H2,1H3,(H,32,33)/t17-,24?/m0/s1. The third-order valence-corrected chi connectivity index (χ3v) is 7.94. The molecule has 0 radical (unpaired) electrons. The van der Waals surface area contributed by atoms with Gasteiger partial charge in [0.15, 0.2) is 0 Å². The van der Waals surface area contributed by atoms with E-state index in [2.05, 4.69) is 12.1 Å². The van der Waals surface area contributed by atoms with E-state index in [-0.39, 0.29) is 17.2 Å². The first-order valence-electron chi connectivity index (χ1n) is 12.1. The molecule has 0 amide bonds. The Hall–Kier alpha value is -2.70. The first-order chi connectivity index (χ1) is 16.2. The topological polar surface area (TPSA) is 49.8 Å². The molecule has 2 aromatic rings. The van der Waals surface area contributed by atoms with Crippen LogP contribution in [0.15, 0.2) is 42.5 Å². The highest BCUT2D eigenvalue weighted by Crippen LogP contribution is 2.49. The molecule has 1 spiro atoms. The van der Waals surface area contributed by atoms with E-state index < -0.39 is 23.6 Å². The highest BCUT2D eigenvalue weighted by atomic mass is 19.4. The van der Waals surface area contributed by atoms with Gasteiger partial charge in [-0.3, -0.25) is 4.79 Å². The smallest absolute Gasteiger partial charge is 0.418 e. The van der Waals surface area contributed by atoms with E-state index in [1.807, 2.05) is 11.0 Å². The summed E-state index contributed by atoms with van der Waals surface area (Å²) >= 11 is 0. The number of carboxylic acid groups (broad SMARTS) is 1. The fourth-order valence-electron chi connectivity index (χ4n) is 5.80. The summed E-state index contributed by atoms with van der Waals surface area (Å²) in [6.07, 6.45) is 0.732. The second kappa shape index (κ2) is 8.51. The van der Waals surface area contributed by atoms with Crippen molar-refractivity contribution in [3.63, 3.8) is 0 Å². The number of halogens is 3. The molecule has 1 aliphatic carbocycles. The van der Waals surface area contributed by atoms with Gasteiger partial charge < -0.3 is 14.7 Å². The fraction of sp³-hybridized carbons (Fsp3) is 0.519. The lowest BCUT2D eigenvalue weighted by molar-refractivity contribution is -0.142. The molecule has 182 valence electrons. The van der Waals surface area contributed by atoms with Crippen molar-refractivity contribution in [2.75, 3.05) is 18.0 Å². The fourth-order valence-corrected chi connectivity index (χ4v) is 5.80. The van der Waals surface area contributed by atoms with Gasteiger partial charge in [-0.1, -0.05) is 31.2 Å². The molecule has 2 aliphatic heterocycles. The number of alkyl halides is 3. The summed E-state index contributed by atoms with van der Waals surface area (Å²) < 4.78 is 47.1. The number of carboxylic acids is 1. The Balaban J connectivity index is 1.34. The summed E-state index contributed by atoms with van der Waals surface area (Å²) in [7, 11) is 0. The summed E-state index contributed by atoms with van der Waals surface area (Å²) in [5, 5.41) is 9.61. The van der Waals surface area contributed by atoms with Gasteiger partial charge in [0, 0.05) is 31.6 Å². The number of rotatable bonds is 5. The van der Waals surface area contributed by atoms with Crippen molar-refractivity contribution < 1.29 is 27.8 Å². The molecular weight excluding hydrogens is 443 g/mol. The van der Waals surface area contributed by atoms with Crippen LogP contribution in [0, 0.1) is 11.8 Å². The monoisotopic (exact) mass is 473 g/mol. The van der Waals surface area contributed by atoms with E-state index in [4.69, 9.17) is 4.74 Å². The predicted octanol–water partition coefficient (Wildman–Crippen LogP) is 6.28. The number of aliphatic carboxylic acids is 1. The molecule has 5 rings (SSSR count). The van der Waals surface area contributed by atoms with Gasteiger partial charge in [0.1, 0.15) is 11.4 Å². The highest BCUT2D eigenvalue weighted by molar-refractivity contribution is 5.71. The molecule has 2 atom stereocenters. The summed E-state index contributed by atoms with van der Waals surface area (Å²) in [6, 6.07) is 11.9. The zero-order chi connectivity index (χ0) is 24.1. The van der Waals surface area contributed by atoms with Crippen LogP contribution >= 0.6 is 0 Å². The van der Waals surface area contributed by atoms with Gasteiger partial charge in [-0.15, -0.1) is 0 Å². The number of para-hydroxylation sites is 1. The molecule has 7 heteroatoms. The Kier molecular flexibility index (Phi) is 5.77. The first kappa shape index (κ1) is 23.1. The summed E-state index contributed by atoms with van der Waals surface area (Å²) in [4.78, 5) is 13.5. The number of benzene rings is 2. The van der Waals surface area contributed by atoms with Gasteiger partial charge >= 0.3 is 12.1 Å². The minimum absolute atomic E-state index is 0.0232. The normalized spacial score (nSPS) is 21.5. The van der Waals surface area contributed by atoms with Crippen LogP contribution in [0.25, 0.3) is 0 Å². The van der Waals surface area contributed by atoms with Gasteiger partial charge in [0.05, 0.1) is 11.5 Å². The van der Waals surface area contributed by atoms with Crippen molar-refractivity contribution in [1.82, 2.24) is 0 Å². The van der Waals surface area contributed by atoms with Crippen molar-refractivity contribution in [2.45, 2.75) is 63.1 Å². The highest BCUT2D eigenvalue weighted by Gasteiger charge is 2.43. The molecule has 1 saturated heterocycles. The van der Waals surface area contributed by atoms with Crippen LogP contribution in [0.1, 0.15) is 61.6 Å².